The number of amides is 1. The highest BCUT2D eigenvalue weighted by molar-refractivity contribution is 6.02. The second-order valence-corrected chi connectivity index (χ2v) is 11.2. The van der Waals surface area contributed by atoms with E-state index in [-0.39, 0.29) is 40.2 Å². The average molecular weight is 593 g/mol. The number of benzene rings is 2. The summed E-state index contributed by atoms with van der Waals surface area (Å²) >= 11 is 0. The van der Waals surface area contributed by atoms with Crippen LogP contribution in [0.15, 0.2) is 35.3 Å². The van der Waals surface area contributed by atoms with Gasteiger partial charge < -0.3 is 34.1 Å². The van der Waals surface area contributed by atoms with Crippen LogP contribution in [0.1, 0.15) is 42.6 Å². The van der Waals surface area contributed by atoms with Gasteiger partial charge in [-0.25, -0.2) is 13.8 Å². The Morgan fingerprint density at radius 1 is 1.07 bits per heavy atom. The van der Waals surface area contributed by atoms with Crippen molar-refractivity contribution in [2.45, 2.75) is 39.3 Å². The fourth-order valence-electron chi connectivity index (χ4n) is 6.14. The molecular formula is C31H34F2N6O4. The zero-order valence-corrected chi connectivity index (χ0v) is 24.6. The number of H-pyrrole nitrogens is 2. The Morgan fingerprint density at radius 2 is 1.84 bits per heavy atom. The summed E-state index contributed by atoms with van der Waals surface area (Å²) in [6.45, 7) is 7.74. The van der Waals surface area contributed by atoms with Crippen molar-refractivity contribution in [3.63, 3.8) is 0 Å². The van der Waals surface area contributed by atoms with Crippen molar-refractivity contribution in [3.8, 4) is 22.9 Å². The number of anilines is 2. The molecule has 12 heteroatoms. The summed E-state index contributed by atoms with van der Waals surface area (Å²) in [6, 6.07) is 5.71. The number of methoxy groups -OCH3 is 2. The molecule has 2 aliphatic heterocycles. The minimum Gasteiger partial charge on any atom is -0.493 e. The van der Waals surface area contributed by atoms with Crippen molar-refractivity contribution < 1.29 is 23.0 Å². The second kappa shape index (κ2) is 11.3. The molecule has 2 aliphatic rings. The number of aromatic nitrogens is 3. The molecule has 43 heavy (non-hydrogen) atoms. The van der Waals surface area contributed by atoms with Crippen molar-refractivity contribution in [1.29, 1.82) is 0 Å². The van der Waals surface area contributed by atoms with Crippen molar-refractivity contribution in [1.82, 2.24) is 24.8 Å². The van der Waals surface area contributed by atoms with Gasteiger partial charge >= 0.3 is 0 Å². The van der Waals surface area contributed by atoms with Gasteiger partial charge in [0.15, 0.2) is 23.1 Å². The van der Waals surface area contributed by atoms with Crippen LogP contribution in [0.3, 0.4) is 0 Å². The highest BCUT2D eigenvalue weighted by Crippen LogP contribution is 2.46. The number of hydrogen-bond acceptors (Lipinski definition) is 7. The first-order valence-electron chi connectivity index (χ1n) is 14.4. The molecule has 10 nitrogen and oxygen atoms in total. The molecule has 0 spiro atoms. The monoisotopic (exact) mass is 592 g/mol. The van der Waals surface area contributed by atoms with E-state index in [1.807, 2.05) is 11.0 Å². The van der Waals surface area contributed by atoms with Gasteiger partial charge in [0.25, 0.3) is 11.5 Å². The molecule has 4 aromatic rings. The van der Waals surface area contributed by atoms with E-state index >= 15 is 4.39 Å². The summed E-state index contributed by atoms with van der Waals surface area (Å²) in [5.41, 5.74) is 2.36. The van der Waals surface area contributed by atoms with E-state index in [2.05, 4.69) is 14.9 Å². The summed E-state index contributed by atoms with van der Waals surface area (Å²) in [4.78, 5) is 42.9. The Labute approximate surface area is 247 Å². The lowest BCUT2D eigenvalue weighted by molar-refractivity contribution is 0.0763. The molecule has 6 rings (SSSR count). The average Bonchev–Trinajstić information content (AvgIpc) is 3.72. The highest BCUT2D eigenvalue weighted by atomic mass is 19.2. The lowest BCUT2D eigenvalue weighted by atomic mass is 10.1. The predicted molar refractivity (Wildman–Crippen MR) is 159 cm³/mol. The van der Waals surface area contributed by atoms with Crippen LogP contribution in [0.25, 0.3) is 22.4 Å². The van der Waals surface area contributed by atoms with Gasteiger partial charge in [0.05, 0.1) is 30.9 Å². The molecule has 0 saturated carbocycles. The van der Waals surface area contributed by atoms with Crippen LogP contribution in [-0.4, -0.2) is 77.1 Å². The van der Waals surface area contributed by atoms with Gasteiger partial charge in [-0.05, 0) is 63.5 Å². The minimum atomic E-state index is -1.15. The maximum Gasteiger partial charge on any atom is 0.261 e. The molecule has 1 fully saturated rings. The zero-order valence-electron chi connectivity index (χ0n) is 24.6. The third-order valence-corrected chi connectivity index (χ3v) is 8.20. The van der Waals surface area contributed by atoms with E-state index in [1.54, 1.807) is 26.0 Å². The summed E-state index contributed by atoms with van der Waals surface area (Å²) < 4.78 is 41.0. The van der Waals surface area contributed by atoms with Gasteiger partial charge in [-0.2, -0.15) is 0 Å². The molecule has 0 bridgehead atoms. The number of imidazole rings is 1. The Kier molecular flexibility index (Phi) is 7.55. The third kappa shape index (κ3) is 4.99. The van der Waals surface area contributed by atoms with Gasteiger partial charge in [-0.15, -0.1) is 0 Å². The quantitative estimate of drug-likeness (QED) is 0.287. The van der Waals surface area contributed by atoms with E-state index in [1.165, 1.54) is 38.2 Å². The van der Waals surface area contributed by atoms with Gasteiger partial charge in [0.2, 0.25) is 0 Å². The fraction of sp³-hybridized carbons (Fsp3) is 0.387. The Hall–Kier alpha value is -4.45. The van der Waals surface area contributed by atoms with Gasteiger partial charge in [-0.3, -0.25) is 9.59 Å². The van der Waals surface area contributed by atoms with Crippen LogP contribution in [0.2, 0.25) is 0 Å². The van der Waals surface area contributed by atoms with Crippen LogP contribution in [0, 0.1) is 11.6 Å². The Bertz CT molecular complexity index is 1760. The molecule has 226 valence electrons. The first-order chi connectivity index (χ1) is 20.7. The van der Waals surface area contributed by atoms with Gasteiger partial charge in [0.1, 0.15) is 17.1 Å². The summed E-state index contributed by atoms with van der Waals surface area (Å²) in [6.07, 6.45) is 3.84. The first kappa shape index (κ1) is 28.7. The number of nitrogens with zero attached hydrogens (tertiary/aromatic N) is 4. The molecule has 2 N–H and O–H groups in total. The normalized spacial score (nSPS) is 15.1. The number of ether oxygens (including phenoxy) is 2. The fourth-order valence-corrected chi connectivity index (χ4v) is 6.14. The van der Waals surface area contributed by atoms with Gasteiger partial charge in [0, 0.05) is 43.5 Å². The SMILES string of the molecule is COc1cc(F)c(F)c(N(c2cc[nH]c(=O)c2-c2nc3cc4c(cc3[nH]2)CN(CCN2CCCC2)C4=O)C(C)C)c1OC. The molecule has 0 radical (unpaired) electrons. The molecule has 2 aromatic heterocycles. The Morgan fingerprint density at radius 3 is 2.53 bits per heavy atom. The van der Waals surface area contributed by atoms with Crippen molar-refractivity contribution >= 4 is 28.3 Å². The molecule has 0 aliphatic carbocycles. The number of hydrogen-bond donors (Lipinski definition) is 2. The number of fused-ring (bicyclic) bond motifs is 2. The number of rotatable bonds is 9. The summed E-state index contributed by atoms with van der Waals surface area (Å²) in [5, 5.41) is 0. The molecule has 0 unspecified atom stereocenters. The summed E-state index contributed by atoms with van der Waals surface area (Å²) in [7, 11) is 2.67. The smallest absolute Gasteiger partial charge is 0.261 e. The van der Waals surface area contributed by atoms with Crippen LogP contribution >= 0.6 is 0 Å². The molecule has 1 amide bonds. The van der Waals surface area contributed by atoms with E-state index < -0.39 is 23.2 Å². The van der Waals surface area contributed by atoms with E-state index in [4.69, 9.17) is 14.5 Å². The maximum absolute atomic E-state index is 15.5. The van der Waals surface area contributed by atoms with Crippen LogP contribution < -0.4 is 19.9 Å². The molecule has 1 saturated heterocycles. The maximum atomic E-state index is 15.5. The van der Waals surface area contributed by atoms with Crippen molar-refractivity contribution in [2.24, 2.45) is 0 Å². The largest absolute Gasteiger partial charge is 0.493 e. The zero-order chi connectivity index (χ0) is 30.4. The van der Waals surface area contributed by atoms with Crippen molar-refractivity contribution in [3.05, 3.63) is 63.6 Å². The predicted octanol–water partition coefficient (Wildman–Crippen LogP) is 4.81. The first-order valence-corrected chi connectivity index (χ1v) is 14.4. The molecule has 2 aromatic carbocycles. The number of nitrogens with one attached hydrogen (secondary N) is 2. The second-order valence-electron chi connectivity index (χ2n) is 11.2. The number of pyridine rings is 1. The van der Waals surface area contributed by atoms with E-state index in [9.17, 15) is 14.0 Å². The minimum absolute atomic E-state index is 0.00540. The molecule has 4 heterocycles. The number of carbonyl (C=O) groups is 1. The molecule has 0 atom stereocenters. The summed E-state index contributed by atoms with van der Waals surface area (Å²) in [5.74, 6) is -2.09. The highest BCUT2D eigenvalue weighted by Gasteiger charge is 2.32. The van der Waals surface area contributed by atoms with Gasteiger partial charge in [-0.1, -0.05) is 0 Å². The van der Waals surface area contributed by atoms with Crippen LogP contribution in [0.5, 0.6) is 11.5 Å². The third-order valence-electron chi connectivity index (χ3n) is 8.20. The Balaban J connectivity index is 1.41. The standard InChI is InChI=1S/C31H34F2N6O4/c1-17(2)39(27-26(33)20(32)15-24(42-3)28(27)43-4)23-7-8-34-30(40)25(23)29-35-21-13-18-16-38(12-11-37-9-5-6-10-37)31(41)19(18)14-22(21)36-29/h7-8,13-15,17H,5-6,9-12,16H2,1-4H3,(H,34,40)(H,35,36). The van der Waals surface area contributed by atoms with E-state index in [0.717, 1.165) is 31.3 Å². The topological polar surface area (TPSA) is 107 Å². The lowest BCUT2D eigenvalue weighted by Crippen LogP contribution is -2.33. The number of likely N-dealkylation sites (tertiary alicyclic amines) is 1. The van der Waals surface area contributed by atoms with Crippen LogP contribution in [-0.2, 0) is 6.54 Å². The number of carbonyl (C=O) groups excluding carboxylic acids is 1. The lowest BCUT2D eigenvalue weighted by Gasteiger charge is -2.32. The van der Waals surface area contributed by atoms with Crippen molar-refractivity contribution in [2.75, 3.05) is 45.3 Å². The number of halogens is 2. The molecular weight excluding hydrogens is 558 g/mol. The number of aromatic amines is 2. The van der Waals surface area contributed by atoms with Crippen LogP contribution in [0.4, 0.5) is 20.2 Å². The van der Waals surface area contributed by atoms with E-state index in [0.29, 0.717) is 29.7 Å².